The largest absolute Gasteiger partial charge is 0.440 e. The molecule has 0 aromatic rings. The van der Waals surface area contributed by atoms with Gasteiger partial charge in [0.15, 0.2) is 18.1 Å². The van der Waals surface area contributed by atoms with Crippen molar-refractivity contribution in [3.8, 4) is 0 Å². The van der Waals surface area contributed by atoms with Crippen LogP contribution in [-0.4, -0.2) is 35.2 Å². The maximum atomic E-state index is 7.06. The minimum Gasteiger partial charge on any atom is -0.440 e. The lowest BCUT2D eigenvalue weighted by molar-refractivity contribution is 0.308. The van der Waals surface area contributed by atoms with Gasteiger partial charge in [0, 0.05) is 11.1 Å². The van der Waals surface area contributed by atoms with Crippen molar-refractivity contribution in [2.45, 2.75) is 63.2 Å². The molecule has 0 saturated carbocycles. The molecule has 2 unspecified atom stereocenters. The zero-order valence-corrected chi connectivity index (χ0v) is 20.9. The van der Waals surface area contributed by atoms with Crippen LogP contribution in [0.2, 0.25) is 50.4 Å². The third-order valence-corrected chi connectivity index (χ3v) is 18.0. The summed E-state index contributed by atoms with van der Waals surface area (Å²) in [6.07, 6.45) is 19.8. The van der Waals surface area contributed by atoms with Gasteiger partial charge >= 0.3 is 17.1 Å². The van der Waals surface area contributed by atoms with Crippen LogP contribution in [0.5, 0.6) is 0 Å². The summed E-state index contributed by atoms with van der Waals surface area (Å²) in [7, 11) is -7.17. The van der Waals surface area contributed by atoms with Gasteiger partial charge in [-0.2, -0.15) is 0 Å². The van der Waals surface area contributed by atoms with Crippen LogP contribution in [-0.2, 0) is 12.3 Å². The minimum atomic E-state index is -2.51. The van der Waals surface area contributed by atoms with Crippen LogP contribution in [0.25, 0.3) is 0 Å². The first-order chi connectivity index (χ1) is 11.8. The molecule has 2 rings (SSSR count). The molecule has 0 amide bonds. The number of allylic oxidation sites excluding steroid dienone is 8. The Kier molecular flexibility index (Phi) is 7.63. The predicted octanol–water partition coefficient (Wildman–Crippen LogP) is 4.92. The van der Waals surface area contributed by atoms with E-state index in [1.807, 2.05) is 0 Å². The van der Waals surface area contributed by atoms with E-state index < -0.39 is 35.2 Å². The lowest BCUT2D eigenvalue weighted by Crippen LogP contribution is -2.59. The van der Waals surface area contributed by atoms with Crippen molar-refractivity contribution >= 4 is 35.2 Å². The molecule has 140 valence electrons. The van der Waals surface area contributed by atoms with Crippen LogP contribution in [0, 0.1) is 0 Å². The minimum absolute atomic E-state index is 0.359. The van der Waals surface area contributed by atoms with E-state index in [4.69, 9.17) is 12.3 Å². The molecule has 0 fully saturated rings. The highest BCUT2D eigenvalue weighted by molar-refractivity contribution is 6.87. The van der Waals surface area contributed by atoms with Crippen molar-refractivity contribution in [3.63, 3.8) is 0 Å². The standard InChI is InChI=1S/C18H34O3Si4/c1-22(2)19-24(5,6)21-25(20-23(3)4,17-13-9-7-10-14-17)18-15-11-8-12-16-18/h7-13,15,17-18,22-23H,14,16H2,1-6H3. The van der Waals surface area contributed by atoms with Gasteiger partial charge in [-0.25, -0.2) is 0 Å². The van der Waals surface area contributed by atoms with Gasteiger partial charge in [-0.1, -0.05) is 48.6 Å². The van der Waals surface area contributed by atoms with Gasteiger partial charge in [-0.3, -0.25) is 0 Å². The van der Waals surface area contributed by atoms with Crippen LogP contribution in [0.3, 0.4) is 0 Å². The number of rotatable bonds is 8. The van der Waals surface area contributed by atoms with Crippen molar-refractivity contribution in [1.29, 1.82) is 0 Å². The third kappa shape index (κ3) is 5.85. The Bertz CT molecular complexity index is 523. The molecule has 2 atom stereocenters. The molecule has 2 aliphatic carbocycles. The zero-order chi connectivity index (χ0) is 18.5. The van der Waals surface area contributed by atoms with Gasteiger partial charge in [-0.05, 0) is 52.1 Å². The van der Waals surface area contributed by atoms with Gasteiger partial charge in [0.05, 0.1) is 0 Å². The molecular weight excluding hydrogens is 377 g/mol. The highest BCUT2D eigenvalue weighted by Crippen LogP contribution is 2.45. The van der Waals surface area contributed by atoms with Crippen molar-refractivity contribution < 1.29 is 12.3 Å². The topological polar surface area (TPSA) is 27.7 Å². The summed E-state index contributed by atoms with van der Waals surface area (Å²) >= 11 is 0. The quantitative estimate of drug-likeness (QED) is 0.532. The Morgan fingerprint density at radius 3 is 1.60 bits per heavy atom. The van der Waals surface area contributed by atoms with Crippen molar-refractivity contribution in [2.75, 3.05) is 0 Å². The first-order valence-electron chi connectivity index (χ1n) is 9.47. The van der Waals surface area contributed by atoms with Crippen LogP contribution in [0.15, 0.2) is 48.6 Å². The third-order valence-electron chi connectivity index (χ3n) is 4.34. The van der Waals surface area contributed by atoms with Gasteiger partial charge < -0.3 is 12.3 Å². The van der Waals surface area contributed by atoms with E-state index in [9.17, 15) is 0 Å². The average Bonchev–Trinajstić information content (AvgIpc) is 2.54. The number of hydrogen-bond acceptors (Lipinski definition) is 3. The summed E-state index contributed by atoms with van der Waals surface area (Å²) in [5.74, 6) is 0. The Hall–Kier alpha value is -0.292. The average molecular weight is 411 g/mol. The lowest BCUT2D eigenvalue weighted by atomic mass is 10.2. The fourth-order valence-electron chi connectivity index (χ4n) is 3.73. The van der Waals surface area contributed by atoms with Crippen LogP contribution in [0.1, 0.15) is 12.8 Å². The van der Waals surface area contributed by atoms with E-state index in [2.05, 4.69) is 87.9 Å². The Labute approximate surface area is 159 Å². The maximum absolute atomic E-state index is 7.06. The normalized spacial score (nSPS) is 25.8. The van der Waals surface area contributed by atoms with Crippen molar-refractivity contribution in [3.05, 3.63) is 48.6 Å². The van der Waals surface area contributed by atoms with E-state index in [0.29, 0.717) is 11.1 Å². The van der Waals surface area contributed by atoms with E-state index in [-0.39, 0.29) is 0 Å². The molecule has 0 heterocycles. The highest BCUT2D eigenvalue weighted by atomic mass is 28.5. The monoisotopic (exact) mass is 410 g/mol. The zero-order valence-electron chi connectivity index (χ0n) is 16.6. The molecule has 0 saturated heterocycles. The summed E-state index contributed by atoms with van der Waals surface area (Å²) in [6, 6.07) is 0. The molecule has 0 aromatic carbocycles. The lowest BCUT2D eigenvalue weighted by Gasteiger charge is -2.47. The van der Waals surface area contributed by atoms with Gasteiger partial charge in [0.2, 0.25) is 0 Å². The fraction of sp³-hybridized carbons (Fsp3) is 0.556. The smallest absolute Gasteiger partial charge is 0.333 e. The Balaban J connectivity index is 2.41. The van der Waals surface area contributed by atoms with E-state index >= 15 is 0 Å². The van der Waals surface area contributed by atoms with Gasteiger partial charge in [0.25, 0.3) is 0 Å². The molecular formula is C18H34O3Si4. The van der Waals surface area contributed by atoms with Crippen LogP contribution >= 0.6 is 0 Å². The second kappa shape index (κ2) is 9.07. The van der Waals surface area contributed by atoms with Crippen LogP contribution < -0.4 is 0 Å². The van der Waals surface area contributed by atoms with E-state index in [1.54, 1.807) is 0 Å². The van der Waals surface area contributed by atoms with E-state index in [1.165, 1.54) is 0 Å². The first-order valence-corrected chi connectivity index (χ1v) is 19.8. The molecule has 0 spiro atoms. The predicted molar refractivity (Wildman–Crippen MR) is 118 cm³/mol. The summed E-state index contributed by atoms with van der Waals surface area (Å²) in [5.41, 5.74) is 0.718. The molecule has 0 radical (unpaired) electrons. The van der Waals surface area contributed by atoms with E-state index in [0.717, 1.165) is 12.8 Å². The summed E-state index contributed by atoms with van der Waals surface area (Å²) in [6.45, 7) is 13.4. The van der Waals surface area contributed by atoms with Gasteiger partial charge in [0.1, 0.15) is 0 Å². The second-order valence-electron chi connectivity index (χ2n) is 7.87. The Morgan fingerprint density at radius 1 is 0.760 bits per heavy atom. The summed E-state index contributed by atoms with van der Waals surface area (Å²) < 4.78 is 20.3. The van der Waals surface area contributed by atoms with Crippen molar-refractivity contribution in [1.82, 2.24) is 0 Å². The summed E-state index contributed by atoms with van der Waals surface area (Å²) in [5, 5.41) is 0. The first kappa shape index (κ1) is 21.0. The molecule has 0 aromatic heterocycles. The van der Waals surface area contributed by atoms with Gasteiger partial charge in [-0.15, -0.1) is 0 Å². The maximum Gasteiger partial charge on any atom is 0.333 e. The molecule has 0 bridgehead atoms. The molecule has 0 N–H and O–H groups in total. The molecule has 0 aliphatic heterocycles. The summed E-state index contributed by atoms with van der Waals surface area (Å²) in [4.78, 5) is 0. The molecule has 3 nitrogen and oxygen atoms in total. The molecule has 25 heavy (non-hydrogen) atoms. The second-order valence-corrected chi connectivity index (χ2v) is 20.5. The highest BCUT2D eigenvalue weighted by Gasteiger charge is 2.54. The fourth-order valence-corrected chi connectivity index (χ4v) is 20.4. The van der Waals surface area contributed by atoms with Crippen molar-refractivity contribution in [2.24, 2.45) is 0 Å². The SMILES string of the molecule is C[SiH](C)O[Si](C)(C)O[Si](O[SiH](C)C)(C1C=CC=CC1)C1C=CC=CC1. The Morgan fingerprint density at radius 2 is 1.24 bits per heavy atom. The van der Waals surface area contributed by atoms with Crippen LogP contribution in [0.4, 0.5) is 0 Å². The number of hydrogen-bond donors (Lipinski definition) is 0. The molecule has 2 aliphatic rings. The molecule has 7 heteroatoms.